The number of Topliss-reactive ketones (excluding diaryl/α,β-unsaturated/α-hetero) is 1. The van der Waals surface area contributed by atoms with Crippen LogP contribution < -0.4 is 0 Å². The molecule has 0 saturated carbocycles. The first-order chi connectivity index (χ1) is 14.1. The fourth-order valence-electron chi connectivity index (χ4n) is 3.62. The number of hydrogen-bond donors (Lipinski definition) is 0. The van der Waals surface area contributed by atoms with E-state index in [2.05, 4.69) is 6.07 Å². The molecule has 4 rings (SSSR count). The largest absolute Gasteiger partial charge is 0.461 e. The number of carbonyl (C=O) groups excluding carboxylic acids is 1. The number of nitriles is 1. The number of aryl methyl sites for hydroxylation is 2. The average Bonchev–Trinajstić information content (AvgIpc) is 3.17. The second-order valence-electron chi connectivity index (χ2n) is 7.04. The summed E-state index contributed by atoms with van der Waals surface area (Å²) in [5.41, 5.74) is 3.77. The highest BCUT2D eigenvalue weighted by atomic mass is 32.2. The molecule has 2 heterocycles. The van der Waals surface area contributed by atoms with Crippen molar-refractivity contribution in [3.63, 3.8) is 0 Å². The Balaban J connectivity index is 1.71. The number of carbonyl (C=O) groups is 1. The van der Waals surface area contributed by atoms with Crippen molar-refractivity contribution in [2.45, 2.75) is 37.6 Å². The van der Waals surface area contributed by atoms with E-state index in [-0.39, 0.29) is 17.4 Å². The maximum absolute atomic E-state index is 13.1. The van der Waals surface area contributed by atoms with E-state index in [9.17, 15) is 14.4 Å². The SMILES string of the molecule is Cc1ccc(-c2c(C#N)c(SCC(=O)c3ccc(F)cc3)nc3c2CCCC3)o1. The van der Waals surface area contributed by atoms with Crippen LogP contribution >= 0.6 is 11.8 Å². The molecular weight excluding hydrogens is 387 g/mol. The Bertz CT molecular complexity index is 1110. The number of rotatable bonds is 5. The first kappa shape index (κ1) is 19.4. The molecule has 29 heavy (non-hydrogen) atoms. The Morgan fingerprint density at radius 2 is 1.97 bits per heavy atom. The molecule has 1 aliphatic rings. The highest BCUT2D eigenvalue weighted by molar-refractivity contribution is 8.00. The highest BCUT2D eigenvalue weighted by Gasteiger charge is 2.25. The Kier molecular flexibility index (Phi) is 5.50. The second kappa shape index (κ2) is 8.22. The fourth-order valence-corrected chi connectivity index (χ4v) is 4.52. The van der Waals surface area contributed by atoms with Gasteiger partial charge in [-0.3, -0.25) is 4.79 Å². The lowest BCUT2D eigenvalue weighted by molar-refractivity contribution is 0.102. The molecule has 1 aliphatic carbocycles. The lowest BCUT2D eigenvalue weighted by atomic mass is 9.89. The molecule has 1 aromatic carbocycles. The number of ketones is 1. The van der Waals surface area contributed by atoms with Gasteiger partial charge < -0.3 is 4.42 Å². The molecule has 0 amide bonds. The highest BCUT2D eigenvalue weighted by Crippen LogP contribution is 2.38. The third-order valence-corrected chi connectivity index (χ3v) is 6.02. The van der Waals surface area contributed by atoms with Gasteiger partial charge in [0.15, 0.2) is 5.78 Å². The zero-order valence-electron chi connectivity index (χ0n) is 16.0. The Hall–Kier alpha value is -2.91. The number of hydrogen-bond acceptors (Lipinski definition) is 5. The van der Waals surface area contributed by atoms with Crippen LogP contribution in [0.5, 0.6) is 0 Å². The van der Waals surface area contributed by atoms with Gasteiger partial charge in [-0.25, -0.2) is 9.37 Å². The number of furan rings is 1. The minimum atomic E-state index is -0.379. The summed E-state index contributed by atoms with van der Waals surface area (Å²) < 4.78 is 18.9. The van der Waals surface area contributed by atoms with Crippen molar-refractivity contribution in [1.82, 2.24) is 4.98 Å². The molecule has 4 nitrogen and oxygen atoms in total. The third kappa shape index (κ3) is 3.96. The molecular formula is C23H19FN2O2S. The summed E-state index contributed by atoms with van der Waals surface area (Å²) in [6, 6.07) is 11.5. The molecule has 2 aromatic heterocycles. The van der Waals surface area contributed by atoms with E-state index in [0.29, 0.717) is 21.9 Å². The van der Waals surface area contributed by atoms with Gasteiger partial charge in [0, 0.05) is 16.8 Å². The predicted octanol–water partition coefficient (Wildman–Crippen LogP) is 5.51. The summed E-state index contributed by atoms with van der Waals surface area (Å²) in [5, 5.41) is 10.5. The molecule has 146 valence electrons. The Morgan fingerprint density at radius 3 is 2.66 bits per heavy atom. The zero-order chi connectivity index (χ0) is 20.4. The van der Waals surface area contributed by atoms with Crippen molar-refractivity contribution < 1.29 is 13.6 Å². The fraction of sp³-hybridized carbons (Fsp3) is 0.261. The van der Waals surface area contributed by atoms with Gasteiger partial charge in [0.1, 0.15) is 28.4 Å². The van der Waals surface area contributed by atoms with Crippen LogP contribution in [0.15, 0.2) is 45.8 Å². The van der Waals surface area contributed by atoms with E-state index in [0.717, 1.165) is 48.3 Å². The summed E-state index contributed by atoms with van der Waals surface area (Å²) in [7, 11) is 0. The van der Waals surface area contributed by atoms with Crippen molar-refractivity contribution in [3.05, 3.63) is 70.4 Å². The van der Waals surface area contributed by atoms with Gasteiger partial charge in [-0.15, -0.1) is 0 Å². The van der Waals surface area contributed by atoms with Crippen molar-refractivity contribution in [2.24, 2.45) is 0 Å². The summed E-state index contributed by atoms with van der Waals surface area (Å²) >= 11 is 1.25. The van der Waals surface area contributed by atoms with Crippen LogP contribution in [0.1, 0.15) is 45.8 Å². The number of halogens is 1. The van der Waals surface area contributed by atoms with Crippen LogP contribution in [0.3, 0.4) is 0 Å². The lowest BCUT2D eigenvalue weighted by Crippen LogP contribution is -2.11. The number of aromatic nitrogens is 1. The quantitative estimate of drug-likeness (QED) is 0.413. The van der Waals surface area contributed by atoms with Crippen molar-refractivity contribution in [3.8, 4) is 17.4 Å². The van der Waals surface area contributed by atoms with E-state index in [1.165, 1.54) is 36.0 Å². The van der Waals surface area contributed by atoms with Crippen LogP contribution in [-0.4, -0.2) is 16.5 Å². The van der Waals surface area contributed by atoms with Crippen LogP contribution in [0.2, 0.25) is 0 Å². The number of thioether (sulfide) groups is 1. The van der Waals surface area contributed by atoms with Gasteiger partial charge >= 0.3 is 0 Å². The van der Waals surface area contributed by atoms with Gasteiger partial charge in [0.25, 0.3) is 0 Å². The topological polar surface area (TPSA) is 66.9 Å². The van der Waals surface area contributed by atoms with Gasteiger partial charge in [0.2, 0.25) is 0 Å². The Labute approximate surface area is 172 Å². The van der Waals surface area contributed by atoms with E-state index in [1.54, 1.807) is 0 Å². The van der Waals surface area contributed by atoms with Gasteiger partial charge in [-0.05, 0) is 74.6 Å². The van der Waals surface area contributed by atoms with E-state index >= 15 is 0 Å². The first-order valence-corrected chi connectivity index (χ1v) is 10.5. The summed E-state index contributed by atoms with van der Waals surface area (Å²) in [6.07, 6.45) is 3.83. The van der Waals surface area contributed by atoms with Crippen LogP contribution in [0.25, 0.3) is 11.3 Å². The molecule has 0 N–H and O–H groups in total. The normalized spacial score (nSPS) is 13.0. The van der Waals surface area contributed by atoms with Crippen LogP contribution in [-0.2, 0) is 12.8 Å². The molecule has 3 aromatic rings. The Morgan fingerprint density at radius 1 is 1.21 bits per heavy atom. The zero-order valence-corrected chi connectivity index (χ0v) is 16.8. The molecule has 0 unspecified atom stereocenters. The average molecular weight is 406 g/mol. The molecule has 0 aliphatic heterocycles. The molecule has 0 spiro atoms. The van der Waals surface area contributed by atoms with Crippen LogP contribution in [0, 0.1) is 24.1 Å². The standard InChI is InChI=1S/C23H19FN2O2S/c1-14-6-11-21(28-14)22-17-4-2-3-5-19(17)26-23(18(22)12-25)29-13-20(27)15-7-9-16(24)10-8-15/h6-11H,2-5,13H2,1H3. The lowest BCUT2D eigenvalue weighted by Gasteiger charge is -2.20. The molecule has 0 saturated heterocycles. The maximum Gasteiger partial charge on any atom is 0.173 e. The van der Waals surface area contributed by atoms with Crippen LogP contribution in [0.4, 0.5) is 4.39 Å². The maximum atomic E-state index is 13.1. The smallest absolute Gasteiger partial charge is 0.173 e. The monoisotopic (exact) mass is 406 g/mol. The molecule has 0 atom stereocenters. The van der Waals surface area contributed by atoms with Gasteiger partial charge in [-0.2, -0.15) is 5.26 Å². The molecule has 0 radical (unpaired) electrons. The molecule has 0 bridgehead atoms. The molecule has 0 fully saturated rings. The minimum absolute atomic E-state index is 0.128. The predicted molar refractivity (Wildman–Crippen MR) is 109 cm³/mol. The van der Waals surface area contributed by atoms with Gasteiger partial charge in [0.05, 0.1) is 11.3 Å². The number of pyridine rings is 1. The summed E-state index contributed by atoms with van der Waals surface area (Å²) in [5.74, 6) is 1.07. The van der Waals surface area contributed by atoms with E-state index in [4.69, 9.17) is 9.40 Å². The molecule has 6 heteroatoms. The van der Waals surface area contributed by atoms with Gasteiger partial charge in [-0.1, -0.05) is 11.8 Å². The minimum Gasteiger partial charge on any atom is -0.461 e. The number of benzene rings is 1. The van der Waals surface area contributed by atoms with Crippen molar-refractivity contribution in [1.29, 1.82) is 5.26 Å². The van der Waals surface area contributed by atoms with E-state index < -0.39 is 0 Å². The van der Waals surface area contributed by atoms with Crippen molar-refractivity contribution >= 4 is 17.5 Å². The third-order valence-electron chi connectivity index (χ3n) is 5.05. The van der Waals surface area contributed by atoms with Crippen molar-refractivity contribution in [2.75, 3.05) is 5.75 Å². The second-order valence-corrected chi connectivity index (χ2v) is 8.00. The van der Waals surface area contributed by atoms with E-state index in [1.807, 2.05) is 19.1 Å². The first-order valence-electron chi connectivity index (χ1n) is 9.51. The summed E-state index contributed by atoms with van der Waals surface area (Å²) in [4.78, 5) is 17.2. The number of nitrogens with zero attached hydrogens (tertiary/aromatic N) is 2. The summed E-state index contributed by atoms with van der Waals surface area (Å²) in [6.45, 7) is 1.88. The number of fused-ring (bicyclic) bond motifs is 1.